The molecule has 2 amide bonds. The summed E-state index contributed by atoms with van der Waals surface area (Å²) in [5, 5.41) is 12.0. The van der Waals surface area contributed by atoms with Crippen molar-refractivity contribution in [3.05, 3.63) is 65.2 Å². The molecule has 0 saturated carbocycles. The summed E-state index contributed by atoms with van der Waals surface area (Å²) < 4.78 is 0. The fourth-order valence-corrected chi connectivity index (χ4v) is 4.36. The Morgan fingerprint density at radius 2 is 2.10 bits per heavy atom. The van der Waals surface area contributed by atoms with Crippen LogP contribution in [0.25, 0.3) is 10.2 Å². The first-order valence-electron chi connectivity index (χ1n) is 9.78. The summed E-state index contributed by atoms with van der Waals surface area (Å²) in [6, 6.07) is 13.4. The van der Waals surface area contributed by atoms with Crippen molar-refractivity contribution < 1.29 is 9.59 Å². The second-order valence-electron chi connectivity index (χ2n) is 7.41. The summed E-state index contributed by atoms with van der Waals surface area (Å²) in [4.78, 5) is 30.3. The van der Waals surface area contributed by atoms with Crippen molar-refractivity contribution in [2.24, 2.45) is 0 Å². The van der Waals surface area contributed by atoms with Crippen molar-refractivity contribution in [2.75, 3.05) is 6.54 Å². The first kappa shape index (κ1) is 19.5. The number of nitrogens with zero attached hydrogens (tertiary/aromatic N) is 1. The standard InChI is InChI=1S/C22H24N4O2S/c1-14(20(27)24-11-15-9-17-7-8-29-22(17)25-12-15)26-21(28)19-10-18(13-23-19)16-5-3-2-4-6-16/h2-9,12,14,18-19,23H,10-11,13H2,1H3,(H,24,27)(H,26,28)/t14-,18-,19+/m0/s1. The third-order valence-corrected chi connectivity index (χ3v) is 6.14. The number of benzene rings is 1. The summed E-state index contributed by atoms with van der Waals surface area (Å²) in [6.07, 6.45) is 2.51. The predicted molar refractivity (Wildman–Crippen MR) is 115 cm³/mol. The molecule has 2 aromatic heterocycles. The van der Waals surface area contributed by atoms with E-state index >= 15 is 0 Å². The van der Waals surface area contributed by atoms with Crippen LogP contribution in [0.3, 0.4) is 0 Å². The second kappa shape index (κ2) is 8.71. The van der Waals surface area contributed by atoms with Gasteiger partial charge in [0.1, 0.15) is 10.9 Å². The topological polar surface area (TPSA) is 83.1 Å². The Balaban J connectivity index is 1.26. The average molecular weight is 409 g/mol. The molecule has 7 heteroatoms. The van der Waals surface area contributed by atoms with Crippen LogP contribution in [0, 0.1) is 0 Å². The Morgan fingerprint density at radius 3 is 2.93 bits per heavy atom. The Kier molecular flexibility index (Phi) is 5.87. The Bertz CT molecular complexity index is 1000. The van der Waals surface area contributed by atoms with E-state index in [2.05, 4.69) is 33.1 Å². The number of nitrogens with one attached hydrogen (secondary N) is 3. The lowest BCUT2D eigenvalue weighted by atomic mass is 9.96. The van der Waals surface area contributed by atoms with Crippen molar-refractivity contribution in [1.82, 2.24) is 20.9 Å². The van der Waals surface area contributed by atoms with Crippen molar-refractivity contribution >= 4 is 33.4 Å². The van der Waals surface area contributed by atoms with E-state index in [0.717, 1.165) is 28.7 Å². The van der Waals surface area contributed by atoms with Gasteiger partial charge in [0.05, 0.1) is 6.04 Å². The average Bonchev–Trinajstić information content (AvgIpc) is 3.41. The van der Waals surface area contributed by atoms with E-state index in [1.54, 1.807) is 24.5 Å². The van der Waals surface area contributed by atoms with Crippen LogP contribution in [0.15, 0.2) is 54.0 Å². The van der Waals surface area contributed by atoms with Crippen LogP contribution in [-0.4, -0.2) is 35.4 Å². The van der Waals surface area contributed by atoms with Crippen molar-refractivity contribution in [2.45, 2.75) is 37.9 Å². The highest BCUT2D eigenvalue weighted by Gasteiger charge is 2.31. The molecule has 4 rings (SSSR count). The lowest BCUT2D eigenvalue weighted by Crippen LogP contribution is -2.49. The van der Waals surface area contributed by atoms with E-state index < -0.39 is 6.04 Å². The largest absolute Gasteiger partial charge is 0.350 e. The molecule has 3 N–H and O–H groups in total. The first-order valence-corrected chi connectivity index (χ1v) is 10.7. The number of rotatable bonds is 6. The smallest absolute Gasteiger partial charge is 0.242 e. The Morgan fingerprint density at radius 1 is 1.28 bits per heavy atom. The monoisotopic (exact) mass is 408 g/mol. The van der Waals surface area contributed by atoms with Gasteiger partial charge in [0, 0.05) is 24.7 Å². The molecule has 3 aromatic rings. The third kappa shape index (κ3) is 4.63. The fraction of sp³-hybridized carbons (Fsp3) is 0.318. The molecule has 3 atom stereocenters. The summed E-state index contributed by atoms with van der Waals surface area (Å²) in [5.74, 6) is -0.0237. The summed E-state index contributed by atoms with van der Waals surface area (Å²) >= 11 is 1.59. The van der Waals surface area contributed by atoms with Gasteiger partial charge in [-0.25, -0.2) is 4.98 Å². The fourth-order valence-electron chi connectivity index (χ4n) is 3.64. The maximum Gasteiger partial charge on any atom is 0.242 e. The molecule has 0 aliphatic carbocycles. The highest BCUT2D eigenvalue weighted by molar-refractivity contribution is 7.16. The van der Waals surface area contributed by atoms with Gasteiger partial charge in [-0.1, -0.05) is 30.3 Å². The highest BCUT2D eigenvalue weighted by Crippen LogP contribution is 2.25. The molecule has 6 nitrogen and oxygen atoms in total. The first-order chi connectivity index (χ1) is 14.1. The van der Waals surface area contributed by atoms with E-state index in [0.29, 0.717) is 12.5 Å². The van der Waals surface area contributed by atoms with Gasteiger partial charge in [0.2, 0.25) is 11.8 Å². The molecule has 1 aromatic carbocycles. The molecule has 0 unspecified atom stereocenters. The number of aromatic nitrogens is 1. The van der Waals surface area contributed by atoms with Crippen LogP contribution in [0.4, 0.5) is 0 Å². The van der Waals surface area contributed by atoms with E-state index in [1.165, 1.54) is 5.56 Å². The Hall–Kier alpha value is -2.77. The number of hydrogen-bond acceptors (Lipinski definition) is 5. The van der Waals surface area contributed by atoms with E-state index in [9.17, 15) is 9.59 Å². The van der Waals surface area contributed by atoms with Gasteiger partial charge in [-0.05, 0) is 47.9 Å². The van der Waals surface area contributed by atoms with E-state index in [4.69, 9.17) is 0 Å². The number of carbonyl (C=O) groups excluding carboxylic acids is 2. The minimum atomic E-state index is -0.599. The van der Waals surface area contributed by atoms with Gasteiger partial charge in [-0.3, -0.25) is 9.59 Å². The molecular weight excluding hydrogens is 384 g/mol. The van der Waals surface area contributed by atoms with Gasteiger partial charge >= 0.3 is 0 Å². The zero-order valence-electron chi connectivity index (χ0n) is 16.2. The molecule has 150 valence electrons. The van der Waals surface area contributed by atoms with Crippen molar-refractivity contribution in [1.29, 1.82) is 0 Å². The predicted octanol–water partition coefficient (Wildman–Crippen LogP) is 2.56. The number of carbonyl (C=O) groups is 2. The quantitative estimate of drug-likeness (QED) is 0.585. The minimum Gasteiger partial charge on any atom is -0.350 e. The zero-order valence-corrected chi connectivity index (χ0v) is 17.0. The molecular formula is C22H24N4O2S. The number of hydrogen-bond donors (Lipinski definition) is 3. The molecule has 1 aliphatic heterocycles. The number of pyridine rings is 1. The van der Waals surface area contributed by atoms with Gasteiger partial charge in [-0.15, -0.1) is 11.3 Å². The van der Waals surface area contributed by atoms with Gasteiger partial charge in [-0.2, -0.15) is 0 Å². The summed E-state index contributed by atoms with van der Waals surface area (Å²) in [6.45, 7) is 2.85. The highest BCUT2D eigenvalue weighted by atomic mass is 32.1. The minimum absolute atomic E-state index is 0.132. The van der Waals surface area contributed by atoms with Crippen molar-refractivity contribution in [3.63, 3.8) is 0 Å². The van der Waals surface area contributed by atoms with Gasteiger partial charge in [0.25, 0.3) is 0 Å². The maximum absolute atomic E-state index is 12.6. The van der Waals surface area contributed by atoms with Crippen LogP contribution >= 0.6 is 11.3 Å². The lowest BCUT2D eigenvalue weighted by molar-refractivity contribution is -0.129. The lowest BCUT2D eigenvalue weighted by Gasteiger charge is -2.17. The van der Waals surface area contributed by atoms with Crippen molar-refractivity contribution in [3.8, 4) is 0 Å². The van der Waals surface area contributed by atoms with Crippen LogP contribution in [-0.2, 0) is 16.1 Å². The van der Waals surface area contributed by atoms with Crippen LogP contribution < -0.4 is 16.0 Å². The summed E-state index contributed by atoms with van der Waals surface area (Å²) in [7, 11) is 0. The molecule has 0 radical (unpaired) electrons. The Labute approximate surface area is 173 Å². The molecule has 1 fully saturated rings. The number of fused-ring (bicyclic) bond motifs is 1. The maximum atomic E-state index is 12.6. The molecule has 0 spiro atoms. The zero-order chi connectivity index (χ0) is 20.2. The summed E-state index contributed by atoms with van der Waals surface area (Å²) in [5.41, 5.74) is 2.17. The SMILES string of the molecule is C[C@H](NC(=O)[C@H]1C[C@H](c2ccccc2)CN1)C(=O)NCc1cnc2sccc2c1. The molecule has 3 heterocycles. The molecule has 0 bridgehead atoms. The van der Waals surface area contributed by atoms with E-state index in [-0.39, 0.29) is 17.9 Å². The van der Waals surface area contributed by atoms with Gasteiger partial charge < -0.3 is 16.0 Å². The van der Waals surface area contributed by atoms with Crippen LogP contribution in [0.1, 0.15) is 30.4 Å². The van der Waals surface area contributed by atoms with Gasteiger partial charge in [0.15, 0.2) is 0 Å². The molecule has 29 heavy (non-hydrogen) atoms. The van der Waals surface area contributed by atoms with Crippen LogP contribution in [0.5, 0.6) is 0 Å². The van der Waals surface area contributed by atoms with Crippen LogP contribution in [0.2, 0.25) is 0 Å². The molecule has 1 aliphatic rings. The number of amides is 2. The normalized spacial score (nSPS) is 19.8. The number of thiophene rings is 1. The molecule has 1 saturated heterocycles. The third-order valence-electron chi connectivity index (χ3n) is 5.30. The second-order valence-corrected chi connectivity index (χ2v) is 8.31. The van der Waals surface area contributed by atoms with E-state index in [1.807, 2.05) is 35.7 Å².